The zero-order valence-corrected chi connectivity index (χ0v) is 9.72. The Hall–Kier alpha value is -1.13. The highest BCUT2D eigenvalue weighted by molar-refractivity contribution is 6.30. The van der Waals surface area contributed by atoms with Crippen LogP contribution in [0.25, 0.3) is 0 Å². The summed E-state index contributed by atoms with van der Waals surface area (Å²) in [4.78, 5) is 11.5. The maximum atomic E-state index is 13.0. The molecule has 5 heteroatoms. The Morgan fingerprint density at radius 3 is 2.81 bits per heavy atom. The molecule has 1 unspecified atom stereocenters. The molecule has 0 bridgehead atoms. The number of carbonyl (C=O) groups is 1. The van der Waals surface area contributed by atoms with Crippen LogP contribution in [-0.4, -0.2) is 12.5 Å². The quantitative estimate of drug-likeness (QED) is 0.855. The number of hydrogen-bond donors (Lipinski definition) is 2. The van der Waals surface area contributed by atoms with E-state index in [0.717, 1.165) is 0 Å². The van der Waals surface area contributed by atoms with Gasteiger partial charge in [-0.1, -0.05) is 18.5 Å². The van der Waals surface area contributed by atoms with E-state index in [-0.39, 0.29) is 16.8 Å². The van der Waals surface area contributed by atoms with E-state index in [9.17, 15) is 9.18 Å². The first kappa shape index (κ1) is 12.9. The van der Waals surface area contributed by atoms with E-state index in [0.29, 0.717) is 18.7 Å². The fraction of sp³-hybridized carbons (Fsp3) is 0.364. The highest BCUT2D eigenvalue weighted by Crippen LogP contribution is 2.18. The summed E-state index contributed by atoms with van der Waals surface area (Å²) in [6.07, 6.45) is 0.310. The molecule has 0 saturated carbocycles. The van der Waals surface area contributed by atoms with Crippen molar-refractivity contribution >= 4 is 23.2 Å². The van der Waals surface area contributed by atoms with Crippen LogP contribution in [0.2, 0.25) is 5.02 Å². The largest absolute Gasteiger partial charge is 0.330 e. The molecule has 3 N–H and O–H groups in total. The summed E-state index contributed by atoms with van der Waals surface area (Å²) in [5.74, 6) is -0.571. The van der Waals surface area contributed by atoms with Crippen molar-refractivity contribution in [1.82, 2.24) is 0 Å². The van der Waals surface area contributed by atoms with E-state index in [2.05, 4.69) is 5.32 Å². The van der Waals surface area contributed by atoms with E-state index in [1.54, 1.807) is 0 Å². The molecule has 88 valence electrons. The first-order valence-electron chi connectivity index (χ1n) is 4.97. The summed E-state index contributed by atoms with van der Waals surface area (Å²) < 4.78 is 13.0. The summed E-state index contributed by atoms with van der Waals surface area (Å²) >= 11 is 5.66. The third-order valence-corrected chi connectivity index (χ3v) is 2.30. The van der Waals surface area contributed by atoms with Crippen molar-refractivity contribution in [2.45, 2.75) is 13.3 Å². The number of nitrogens with two attached hydrogens (primary N) is 1. The minimum atomic E-state index is -0.477. The Balaban J connectivity index is 2.62. The van der Waals surface area contributed by atoms with Crippen molar-refractivity contribution in [3.05, 3.63) is 29.0 Å². The second kappa shape index (κ2) is 5.82. The highest BCUT2D eigenvalue weighted by atomic mass is 35.5. The number of hydrogen-bond acceptors (Lipinski definition) is 2. The van der Waals surface area contributed by atoms with Crippen molar-refractivity contribution in [1.29, 1.82) is 0 Å². The van der Waals surface area contributed by atoms with Gasteiger partial charge in [-0.2, -0.15) is 0 Å². The summed E-state index contributed by atoms with van der Waals surface area (Å²) in [7, 11) is 0. The molecule has 1 aromatic carbocycles. The van der Waals surface area contributed by atoms with Crippen LogP contribution in [-0.2, 0) is 4.79 Å². The fourth-order valence-corrected chi connectivity index (χ4v) is 1.46. The molecule has 1 amide bonds. The summed E-state index contributed by atoms with van der Waals surface area (Å²) in [6.45, 7) is 2.31. The molecule has 0 aliphatic heterocycles. The van der Waals surface area contributed by atoms with Gasteiger partial charge in [-0.05, 0) is 30.7 Å². The monoisotopic (exact) mass is 244 g/mol. The van der Waals surface area contributed by atoms with Gasteiger partial charge < -0.3 is 11.1 Å². The Morgan fingerprint density at radius 2 is 2.25 bits per heavy atom. The van der Waals surface area contributed by atoms with Crippen LogP contribution in [0.15, 0.2) is 18.2 Å². The molecule has 0 aliphatic carbocycles. The van der Waals surface area contributed by atoms with Gasteiger partial charge in [0.05, 0.1) is 0 Å². The van der Waals surface area contributed by atoms with Crippen LogP contribution in [0.1, 0.15) is 13.3 Å². The number of anilines is 1. The molecule has 1 aromatic rings. The highest BCUT2D eigenvalue weighted by Gasteiger charge is 2.08. The van der Waals surface area contributed by atoms with Crippen molar-refractivity contribution in [3.63, 3.8) is 0 Å². The Labute approximate surface area is 98.8 Å². The van der Waals surface area contributed by atoms with Crippen LogP contribution in [0.3, 0.4) is 0 Å². The van der Waals surface area contributed by atoms with E-state index in [1.807, 2.05) is 6.92 Å². The number of nitrogens with one attached hydrogen (secondary N) is 1. The number of amides is 1. The molecule has 16 heavy (non-hydrogen) atoms. The topological polar surface area (TPSA) is 55.1 Å². The van der Waals surface area contributed by atoms with Crippen LogP contribution < -0.4 is 11.1 Å². The lowest BCUT2D eigenvalue weighted by Crippen LogP contribution is -2.20. The molecule has 0 aromatic heterocycles. The molecule has 0 radical (unpaired) electrons. The Morgan fingerprint density at radius 1 is 1.56 bits per heavy atom. The van der Waals surface area contributed by atoms with Gasteiger partial charge in [-0.3, -0.25) is 4.79 Å². The fourth-order valence-electron chi connectivity index (χ4n) is 1.24. The maximum Gasteiger partial charge on any atom is 0.224 e. The van der Waals surface area contributed by atoms with Gasteiger partial charge in [0.15, 0.2) is 0 Å². The van der Waals surface area contributed by atoms with Crippen molar-refractivity contribution in [3.8, 4) is 0 Å². The SMILES string of the molecule is CC(CN)CC(=O)Nc1cc(F)cc(Cl)c1. The minimum Gasteiger partial charge on any atom is -0.330 e. The van der Waals surface area contributed by atoms with Gasteiger partial charge in [-0.25, -0.2) is 4.39 Å². The second-order valence-electron chi connectivity index (χ2n) is 3.75. The van der Waals surface area contributed by atoms with Gasteiger partial charge in [-0.15, -0.1) is 0 Å². The Bertz CT molecular complexity index is 364. The van der Waals surface area contributed by atoms with Gasteiger partial charge in [0.1, 0.15) is 5.82 Å². The lowest BCUT2D eigenvalue weighted by Gasteiger charge is -2.09. The van der Waals surface area contributed by atoms with Gasteiger partial charge in [0.2, 0.25) is 5.91 Å². The molecule has 0 saturated heterocycles. The zero-order valence-electron chi connectivity index (χ0n) is 8.97. The molecule has 0 aliphatic rings. The molecule has 1 rings (SSSR count). The third kappa shape index (κ3) is 4.16. The molecule has 0 fully saturated rings. The standard InChI is InChI=1S/C11H14ClFN2O/c1-7(6-14)2-11(16)15-10-4-8(12)3-9(13)5-10/h3-5,7H,2,6,14H2,1H3,(H,15,16). The molecular formula is C11H14ClFN2O. The van der Waals surface area contributed by atoms with Crippen molar-refractivity contribution in [2.24, 2.45) is 11.7 Å². The number of rotatable bonds is 4. The summed E-state index contributed by atoms with van der Waals surface area (Å²) in [5.41, 5.74) is 5.76. The van der Waals surface area contributed by atoms with Crippen molar-refractivity contribution < 1.29 is 9.18 Å². The summed E-state index contributed by atoms with van der Waals surface area (Å²) in [5, 5.41) is 2.82. The van der Waals surface area contributed by atoms with E-state index in [1.165, 1.54) is 18.2 Å². The lowest BCUT2D eigenvalue weighted by atomic mass is 10.1. The number of carbonyl (C=O) groups excluding carboxylic acids is 1. The van der Waals surface area contributed by atoms with Crippen LogP contribution in [0, 0.1) is 11.7 Å². The first-order chi connectivity index (χ1) is 7.51. The van der Waals surface area contributed by atoms with E-state index < -0.39 is 5.82 Å². The van der Waals surface area contributed by atoms with Gasteiger partial charge >= 0.3 is 0 Å². The smallest absolute Gasteiger partial charge is 0.224 e. The number of halogens is 2. The predicted molar refractivity (Wildman–Crippen MR) is 62.9 cm³/mol. The minimum absolute atomic E-state index is 0.101. The molecule has 0 spiro atoms. The lowest BCUT2D eigenvalue weighted by molar-refractivity contribution is -0.116. The molecule has 3 nitrogen and oxygen atoms in total. The van der Waals surface area contributed by atoms with Crippen LogP contribution in [0.4, 0.5) is 10.1 Å². The number of benzene rings is 1. The van der Waals surface area contributed by atoms with E-state index >= 15 is 0 Å². The zero-order chi connectivity index (χ0) is 12.1. The normalized spacial score (nSPS) is 12.2. The van der Waals surface area contributed by atoms with Crippen LogP contribution >= 0.6 is 11.6 Å². The maximum absolute atomic E-state index is 13.0. The molecule has 1 atom stereocenters. The van der Waals surface area contributed by atoms with Crippen LogP contribution in [0.5, 0.6) is 0 Å². The second-order valence-corrected chi connectivity index (χ2v) is 4.19. The Kier molecular flexibility index (Phi) is 4.71. The predicted octanol–water partition coefficient (Wildman–Crippen LogP) is 2.40. The average Bonchev–Trinajstić information content (AvgIpc) is 2.15. The third-order valence-electron chi connectivity index (χ3n) is 2.08. The summed E-state index contributed by atoms with van der Waals surface area (Å²) in [6, 6.07) is 3.90. The first-order valence-corrected chi connectivity index (χ1v) is 5.35. The van der Waals surface area contributed by atoms with Crippen molar-refractivity contribution in [2.75, 3.05) is 11.9 Å². The van der Waals surface area contributed by atoms with E-state index in [4.69, 9.17) is 17.3 Å². The molecular weight excluding hydrogens is 231 g/mol. The van der Waals surface area contributed by atoms with Gasteiger partial charge in [0.25, 0.3) is 0 Å². The molecule has 0 heterocycles. The average molecular weight is 245 g/mol. The van der Waals surface area contributed by atoms with Gasteiger partial charge in [0, 0.05) is 17.1 Å².